The fourth-order valence-electron chi connectivity index (χ4n) is 2.99. The summed E-state index contributed by atoms with van der Waals surface area (Å²) in [6, 6.07) is -2.38. The summed E-state index contributed by atoms with van der Waals surface area (Å²) >= 11 is 0. The highest BCUT2D eigenvalue weighted by Crippen LogP contribution is 2.50. The first-order valence-electron chi connectivity index (χ1n) is 9.09. The second-order valence-corrected chi connectivity index (χ2v) is 12.7. The molecule has 1 fully saturated rings. The van der Waals surface area contributed by atoms with E-state index in [-0.39, 0.29) is 4.31 Å². The summed E-state index contributed by atoms with van der Waals surface area (Å²) in [6.07, 6.45) is -6.02. The zero-order valence-electron chi connectivity index (χ0n) is 17.7. The summed E-state index contributed by atoms with van der Waals surface area (Å²) in [5, 5.41) is -13.8. The van der Waals surface area contributed by atoms with Gasteiger partial charge in [-0.1, -0.05) is 4.13 Å². The number of sulfonamides is 2. The molecule has 3 unspecified atom stereocenters. The number of nitrogens with one attached hydrogen (secondary N) is 1. The number of alkyl halides is 12. The second-order valence-electron chi connectivity index (χ2n) is 7.54. The van der Waals surface area contributed by atoms with Crippen molar-refractivity contribution in [2.45, 2.75) is 60.5 Å². The number of hydrogen-bond acceptors (Lipinski definition) is 6. The Hall–Kier alpha value is -0.910. The molecule has 0 spiro atoms. The van der Waals surface area contributed by atoms with Crippen LogP contribution in [0.2, 0.25) is 0 Å². The number of rotatable bonds is 9. The van der Waals surface area contributed by atoms with Crippen molar-refractivity contribution >= 4 is 31.0 Å². The second kappa shape index (κ2) is 10.0. The van der Waals surface area contributed by atoms with E-state index >= 15 is 0 Å². The Kier molecular flexibility index (Phi) is 9.20. The lowest BCUT2D eigenvalue weighted by atomic mass is 10.1. The third-order valence-electron chi connectivity index (χ3n) is 4.77. The Bertz CT molecular complexity index is 1030. The molecular formula is C13H17F12N3O5S3. The van der Waals surface area contributed by atoms with E-state index in [4.69, 9.17) is 0 Å². The molecule has 0 saturated carbocycles. The maximum absolute atomic E-state index is 14.3. The van der Waals surface area contributed by atoms with Crippen LogP contribution in [0.4, 0.5) is 52.7 Å². The van der Waals surface area contributed by atoms with E-state index in [1.54, 1.807) is 0 Å². The number of nitrogens with zero attached hydrogens (tertiary/aromatic N) is 2. The van der Waals surface area contributed by atoms with Gasteiger partial charge in [-0.3, -0.25) is 4.90 Å². The molecule has 8 nitrogen and oxygen atoms in total. The van der Waals surface area contributed by atoms with Gasteiger partial charge in [-0.25, -0.2) is 25.3 Å². The molecule has 1 aliphatic heterocycles. The highest BCUT2D eigenvalue weighted by atomic mass is 32.3. The molecule has 0 aromatic rings. The van der Waals surface area contributed by atoms with E-state index in [0.717, 1.165) is 18.7 Å². The highest BCUT2D eigenvalue weighted by molar-refractivity contribution is 8.05. The molecule has 1 aliphatic rings. The highest BCUT2D eigenvalue weighted by Gasteiger charge is 2.81. The van der Waals surface area contributed by atoms with Crippen molar-refractivity contribution in [2.75, 3.05) is 19.6 Å². The topological polar surface area (TPSA) is 104 Å². The Morgan fingerprint density at radius 2 is 1.22 bits per heavy atom. The van der Waals surface area contributed by atoms with Crippen LogP contribution in [0.5, 0.6) is 0 Å². The minimum atomic E-state index is -7.75. The zero-order chi connectivity index (χ0) is 28.9. The predicted molar refractivity (Wildman–Crippen MR) is 97.9 cm³/mol. The summed E-state index contributed by atoms with van der Waals surface area (Å²) in [4.78, 5) is 1.06. The van der Waals surface area contributed by atoms with Crippen molar-refractivity contribution in [3.63, 3.8) is 0 Å². The van der Waals surface area contributed by atoms with Gasteiger partial charge in [0.05, 0.1) is 6.42 Å². The normalized spacial score (nSPS) is 23.6. The van der Waals surface area contributed by atoms with Crippen molar-refractivity contribution < 1.29 is 73.7 Å². The van der Waals surface area contributed by atoms with Crippen molar-refractivity contribution in [1.82, 2.24) is 13.3 Å². The third-order valence-corrected chi connectivity index (χ3v) is 9.53. The molecule has 3 atom stereocenters. The largest absolute Gasteiger partial charge is 0.512 e. The van der Waals surface area contributed by atoms with E-state index in [9.17, 15) is 73.7 Å². The van der Waals surface area contributed by atoms with Gasteiger partial charge in [-0.15, -0.1) is 0 Å². The minimum Gasteiger partial charge on any atom is -0.295 e. The SMILES string of the molecule is CC1CN(S(=O)C(F)(F)C(F)(F)C(F)(F)S(=O)(=O)NS(=O)(=O)C(F)(F)F)CC(C)N1CCC(F)(F)F. The van der Waals surface area contributed by atoms with Gasteiger partial charge in [-0.2, -0.15) is 52.7 Å². The Morgan fingerprint density at radius 1 is 0.806 bits per heavy atom. The van der Waals surface area contributed by atoms with Crippen LogP contribution >= 0.6 is 0 Å². The summed E-state index contributed by atoms with van der Waals surface area (Å²) < 4.78 is 214. The molecule has 216 valence electrons. The number of halogens is 12. The van der Waals surface area contributed by atoms with Crippen molar-refractivity contribution in [3.8, 4) is 0 Å². The van der Waals surface area contributed by atoms with Crippen molar-refractivity contribution in [1.29, 1.82) is 0 Å². The van der Waals surface area contributed by atoms with Gasteiger partial charge in [0.1, 0.15) is 0 Å². The van der Waals surface area contributed by atoms with Crippen LogP contribution in [0, 0.1) is 0 Å². The molecule has 0 bridgehead atoms. The van der Waals surface area contributed by atoms with Gasteiger partial charge in [0.15, 0.2) is 11.0 Å². The first-order chi connectivity index (χ1) is 15.6. The van der Waals surface area contributed by atoms with Gasteiger partial charge in [0.2, 0.25) is 0 Å². The van der Waals surface area contributed by atoms with Crippen LogP contribution in [0.25, 0.3) is 0 Å². The number of hydrogen-bond donors (Lipinski definition) is 1. The lowest BCUT2D eigenvalue weighted by molar-refractivity contribution is -0.243. The first-order valence-corrected chi connectivity index (χ1v) is 13.2. The fraction of sp³-hybridized carbons (Fsp3) is 1.00. The summed E-state index contributed by atoms with van der Waals surface area (Å²) in [6.45, 7) is -0.428. The minimum absolute atomic E-state index is 0.0596. The van der Waals surface area contributed by atoms with Crippen LogP contribution in [0.3, 0.4) is 0 Å². The third kappa shape index (κ3) is 6.38. The molecule has 0 amide bonds. The van der Waals surface area contributed by atoms with E-state index < -0.39 is 101 Å². The molecule has 1 heterocycles. The summed E-state index contributed by atoms with van der Waals surface area (Å²) in [5.74, 6) is -7.25. The van der Waals surface area contributed by atoms with E-state index in [1.165, 1.54) is 0 Å². The maximum Gasteiger partial charge on any atom is 0.512 e. The molecule has 1 rings (SSSR count). The molecule has 0 aromatic carbocycles. The monoisotopic (exact) mass is 619 g/mol. The summed E-state index contributed by atoms with van der Waals surface area (Å²) in [7, 11) is -19.6. The Morgan fingerprint density at radius 3 is 1.58 bits per heavy atom. The van der Waals surface area contributed by atoms with Crippen molar-refractivity contribution in [3.05, 3.63) is 0 Å². The van der Waals surface area contributed by atoms with Gasteiger partial charge in [0.25, 0.3) is 10.0 Å². The van der Waals surface area contributed by atoms with E-state index in [0.29, 0.717) is 0 Å². The maximum atomic E-state index is 14.3. The van der Waals surface area contributed by atoms with Crippen LogP contribution in [-0.2, 0) is 31.0 Å². The fourth-order valence-corrected chi connectivity index (χ4v) is 6.85. The van der Waals surface area contributed by atoms with Gasteiger partial charge in [0, 0.05) is 31.7 Å². The molecule has 0 aromatic heterocycles. The van der Waals surface area contributed by atoms with Gasteiger partial charge in [-0.05, 0) is 13.8 Å². The standard InChI is InChI=1S/C13H17F12N3O5S3/c1-7-5-27(6-8(2)28(7)4-3-9(14,15)16)34(29)11(19,20)10(17,18)12(21,22)35(30,31)26-36(32,33)13(23,24)25/h7-8,26H,3-6H2,1-2H3. The lowest BCUT2D eigenvalue weighted by Gasteiger charge is -2.45. The quantitative estimate of drug-likeness (QED) is 0.399. The number of piperazine rings is 1. The smallest absolute Gasteiger partial charge is 0.295 e. The average molecular weight is 619 g/mol. The molecule has 1 saturated heterocycles. The molecule has 1 N–H and O–H groups in total. The van der Waals surface area contributed by atoms with E-state index in [1.807, 2.05) is 0 Å². The lowest BCUT2D eigenvalue weighted by Crippen LogP contribution is -2.66. The van der Waals surface area contributed by atoms with Crippen LogP contribution in [0.15, 0.2) is 0 Å². The van der Waals surface area contributed by atoms with Crippen LogP contribution in [0.1, 0.15) is 20.3 Å². The van der Waals surface area contributed by atoms with Crippen LogP contribution < -0.4 is 4.13 Å². The van der Waals surface area contributed by atoms with Crippen molar-refractivity contribution in [2.24, 2.45) is 0 Å². The predicted octanol–water partition coefficient (Wildman–Crippen LogP) is 2.59. The molecular weight excluding hydrogens is 602 g/mol. The van der Waals surface area contributed by atoms with Gasteiger partial charge < -0.3 is 0 Å². The van der Waals surface area contributed by atoms with Crippen LogP contribution in [-0.4, -0.2) is 90.1 Å². The van der Waals surface area contributed by atoms with Gasteiger partial charge >= 0.3 is 38.1 Å². The zero-order valence-corrected chi connectivity index (χ0v) is 20.1. The molecule has 0 radical (unpaired) electrons. The molecule has 0 aliphatic carbocycles. The molecule has 23 heteroatoms. The Balaban J connectivity index is 3.25. The molecule has 36 heavy (non-hydrogen) atoms. The summed E-state index contributed by atoms with van der Waals surface area (Å²) in [5.41, 5.74) is -6.63. The Labute approximate surface area is 198 Å². The van der Waals surface area contributed by atoms with E-state index in [2.05, 4.69) is 0 Å². The average Bonchev–Trinajstić information content (AvgIpc) is 2.63. The first kappa shape index (κ1) is 33.1.